The largest absolute Gasteiger partial charge is 0.497 e. The molecule has 0 aliphatic heterocycles. The number of likely N-dealkylation sites (N-methyl/N-ethyl adjacent to an activating group) is 1. The van der Waals surface area contributed by atoms with Crippen LogP contribution in [0.2, 0.25) is 0 Å². The zero-order chi connectivity index (χ0) is 19.2. The minimum Gasteiger partial charge on any atom is -0.497 e. The number of amides is 1. The fourth-order valence-corrected chi connectivity index (χ4v) is 2.87. The van der Waals surface area contributed by atoms with Crippen LogP contribution in [0, 0.1) is 0 Å². The van der Waals surface area contributed by atoms with E-state index in [0.29, 0.717) is 29.0 Å². The molecular weight excluding hydrogens is 344 g/mol. The number of carbonyl (C=O) groups excluding carboxylic acids is 1. The number of ether oxygens (including phenoxy) is 1. The highest BCUT2D eigenvalue weighted by atomic mass is 16.5. The zero-order valence-corrected chi connectivity index (χ0v) is 15.4. The van der Waals surface area contributed by atoms with Crippen molar-refractivity contribution in [1.29, 1.82) is 0 Å². The molecule has 3 rings (SSSR count). The molecule has 0 aliphatic rings. The topological polar surface area (TPSA) is 88.5 Å². The van der Waals surface area contributed by atoms with Crippen molar-refractivity contribution in [3.63, 3.8) is 0 Å². The molecule has 3 aromatic rings. The van der Waals surface area contributed by atoms with E-state index < -0.39 is 0 Å². The highest BCUT2D eigenvalue weighted by Crippen LogP contribution is 2.14. The number of nitrogens with one attached hydrogen (secondary N) is 3. The van der Waals surface area contributed by atoms with E-state index >= 15 is 0 Å². The Labute approximate surface area is 157 Å². The van der Waals surface area contributed by atoms with Gasteiger partial charge in [-0.05, 0) is 43.3 Å². The van der Waals surface area contributed by atoms with Gasteiger partial charge in [0.15, 0.2) is 12.4 Å². The van der Waals surface area contributed by atoms with Gasteiger partial charge in [-0.3, -0.25) is 9.59 Å². The molecule has 2 aromatic carbocycles. The number of aromatic nitrogens is 2. The van der Waals surface area contributed by atoms with Gasteiger partial charge in [0.25, 0.3) is 11.5 Å². The third-order valence-electron chi connectivity index (χ3n) is 4.36. The minimum absolute atomic E-state index is 0.0971. The third kappa shape index (κ3) is 4.71. The second kappa shape index (κ2) is 8.46. The third-order valence-corrected chi connectivity index (χ3v) is 4.36. The van der Waals surface area contributed by atoms with Gasteiger partial charge in [0, 0.05) is 5.69 Å². The van der Waals surface area contributed by atoms with Crippen molar-refractivity contribution < 1.29 is 14.4 Å². The summed E-state index contributed by atoms with van der Waals surface area (Å²) >= 11 is 0. The summed E-state index contributed by atoms with van der Waals surface area (Å²) in [5, 5.41) is 3.44. The maximum atomic E-state index is 12.4. The van der Waals surface area contributed by atoms with Gasteiger partial charge in [0.1, 0.15) is 12.3 Å². The second-order valence-electron chi connectivity index (χ2n) is 6.26. The van der Waals surface area contributed by atoms with E-state index in [0.717, 1.165) is 17.2 Å². The molecule has 0 bridgehead atoms. The molecule has 0 saturated heterocycles. The minimum atomic E-state index is -0.159. The average Bonchev–Trinajstić information content (AvgIpc) is 2.68. The predicted octanol–water partition coefficient (Wildman–Crippen LogP) is 0.975. The van der Waals surface area contributed by atoms with E-state index in [1.54, 1.807) is 37.4 Å². The molecule has 1 amide bonds. The number of aromatic amines is 1. The molecule has 0 fully saturated rings. The number of carbonyl (C=O) groups is 1. The summed E-state index contributed by atoms with van der Waals surface area (Å²) in [6, 6.07) is 14.4. The summed E-state index contributed by atoms with van der Waals surface area (Å²) in [5.74, 6) is 1.22. The van der Waals surface area contributed by atoms with Crippen molar-refractivity contribution in [2.45, 2.75) is 13.5 Å². The fraction of sp³-hybridized carbons (Fsp3) is 0.250. The van der Waals surface area contributed by atoms with Gasteiger partial charge >= 0.3 is 0 Å². The first-order valence-corrected chi connectivity index (χ1v) is 8.84. The van der Waals surface area contributed by atoms with Crippen molar-refractivity contribution in [1.82, 2.24) is 9.97 Å². The summed E-state index contributed by atoms with van der Waals surface area (Å²) < 4.78 is 5.11. The molecule has 0 spiro atoms. The maximum Gasteiger partial charge on any atom is 0.279 e. The number of quaternary nitrogens is 1. The van der Waals surface area contributed by atoms with Gasteiger partial charge in [-0.25, -0.2) is 4.98 Å². The van der Waals surface area contributed by atoms with Gasteiger partial charge in [-0.15, -0.1) is 0 Å². The Kier molecular flexibility index (Phi) is 5.83. The van der Waals surface area contributed by atoms with Gasteiger partial charge in [0.05, 0.1) is 24.6 Å². The van der Waals surface area contributed by atoms with Crippen LogP contribution in [0.3, 0.4) is 0 Å². The number of hydrogen-bond acceptors (Lipinski definition) is 4. The number of H-pyrrole nitrogens is 1. The van der Waals surface area contributed by atoms with Gasteiger partial charge < -0.3 is 19.9 Å². The van der Waals surface area contributed by atoms with Gasteiger partial charge in [-0.1, -0.05) is 12.1 Å². The van der Waals surface area contributed by atoms with Crippen LogP contribution in [0.1, 0.15) is 12.7 Å². The molecule has 0 radical (unpaired) electrons. The molecule has 3 N–H and O–H groups in total. The Balaban J connectivity index is 1.66. The summed E-state index contributed by atoms with van der Waals surface area (Å²) in [6.07, 6.45) is 0. The van der Waals surface area contributed by atoms with Crippen molar-refractivity contribution in [2.75, 3.05) is 25.5 Å². The lowest BCUT2D eigenvalue weighted by Gasteiger charge is -2.17. The molecule has 1 atom stereocenters. The monoisotopic (exact) mass is 367 g/mol. The van der Waals surface area contributed by atoms with Gasteiger partial charge in [-0.2, -0.15) is 0 Å². The molecule has 1 aromatic heterocycles. The molecular formula is C20H23N4O3+. The molecule has 140 valence electrons. The standard InChI is InChI=1S/C20H22N4O3/c1-3-24(13-19(25)21-14-8-10-15(27-2)11-9-14)12-18-22-17-7-5-4-6-16(17)20(26)23-18/h4-11H,3,12-13H2,1-2H3,(H,21,25)(H,22,23,26)/p+1. The van der Waals surface area contributed by atoms with Crippen LogP contribution in [0.25, 0.3) is 10.9 Å². The maximum absolute atomic E-state index is 12.4. The SMILES string of the molecule is CC[NH+](CC(=O)Nc1ccc(OC)cc1)Cc1nc2ccccc2c(=O)[nH]1. The van der Waals surface area contributed by atoms with E-state index in [1.165, 1.54) is 0 Å². The molecule has 1 heterocycles. The van der Waals surface area contributed by atoms with Crippen LogP contribution in [0.5, 0.6) is 5.75 Å². The van der Waals surface area contributed by atoms with Crippen molar-refractivity contribution >= 4 is 22.5 Å². The van der Waals surface area contributed by atoms with E-state index in [9.17, 15) is 9.59 Å². The van der Waals surface area contributed by atoms with Crippen molar-refractivity contribution in [3.8, 4) is 5.75 Å². The van der Waals surface area contributed by atoms with Gasteiger partial charge in [0.2, 0.25) is 0 Å². The molecule has 7 heteroatoms. The lowest BCUT2D eigenvalue weighted by Crippen LogP contribution is -3.11. The number of para-hydroxylation sites is 1. The fourth-order valence-electron chi connectivity index (χ4n) is 2.87. The number of benzene rings is 2. The molecule has 27 heavy (non-hydrogen) atoms. The number of hydrogen-bond donors (Lipinski definition) is 3. The van der Waals surface area contributed by atoms with Crippen LogP contribution >= 0.6 is 0 Å². The number of fused-ring (bicyclic) bond motifs is 1. The Bertz CT molecular complexity index is 982. The van der Waals surface area contributed by atoms with E-state index in [-0.39, 0.29) is 18.0 Å². The molecule has 7 nitrogen and oxygen atoms in total. The van der Waals surface area contributed by atoms with Crippen LogP contribution in [0.4, 0.5) is 5.69 Å². The molecule has 0 aliphatic carbocycles. The normalized spacial score (nSPS) is 11.9. The van der Waals surface area contributed by atoms with Crippen molar-refractivity contribution in [3.05, 3.63) is 64.7 Å². The number of methoxy groups -OCH3 is 1. The lowest BCUT2D eigenvalue weighted by atomic mass is 10.2. The Hall–Kier alpha value is -3.19. The Morgan fingerprint density at radius 2 is 1.93 bits per heavy atom. The lowest BCUT2D eigenvalue weighted by molar-refractivity contribution is -0.904. The van der Waals surface area contributed by atoms with Crippen LogP contribution in [-0.2, 0) is 11.3 Å². The van der Waals surface area contributed by atoms with Crippen molar-refractivity contribution in [2.24, 2.45) is 0 Å². The highest BCUT2D eigenvalue weighted by molar-refractivity contribution is 5.91. The molecule has 1 unspecified atom stereocenters. The van der Waals surface area contributed by atoms with Crippen LogP contribution < -0.4 is 20.5 Å². The number of nitrogens with zero attached hydrogens (tertiary/aromatic N) is 1. The van der Waals surface area contributed by atoms with Crippen LogP contribution in [-0.4, -0.2) is 36.1 Å². The summed E-state index contributed by atoms with van der Waals surface area (Å²) in [7, 11) is 1.60. The number of anilines is 1. The summed E-state index contributed by atoms with van der Waals surface area (Å²) in [4.78, 5) is 32.9. The second-order valence-corrected chi connectivity index (χ2v) is 6.26. The number of rotatable bonds is 7. The smallest absolute Gasteiger partial charge is 0.279 e. The summed E-state index contributed by atoms with van der Waals surface area (Å²) in [6.45, 7) is 3.47. The summed E-state index contributed by atoms with van der Waals surface area (Å²) in [5.41, 5.74) is 1.22. The van der Waals surface area contributed by atoms with E-state index in [4.69, 9.17) is 4.74 Å². The first-order valence-electron chi connectivity index (χ1n) is 8.84. The average molecular weight is 367 g/mol. The predicted molar refractivity (Wildman–Crippen MR) is 104 cm³/mol. The Morgan fingerprint density at radius 1 is 1.19 bits per heavy atom. The Morgan fingerprint density at radius 3 is 2.63 bits per heavy atom. The van der Waals surface area contributed by atoms with E-state index in [1.807, 2.05) is 25.1 Å². The first kappa shape index (κ1) is 18.6. The quantitative estimate of drug-likeness (QED) is 0.581. The first-order chi connectivity index (χ1) is 13.1. The highest BCUT2D eigenvalue weighted by Gasteiger charge is 2.15. The molecule has 0 saturated carbocycles. The van der Waals surface area contributed by atoms with E-state index in [2.05, 4.69) is 15.3 Å². The van der Waals surface area contributed by atoms with Crippen LogP contribution in [0.15, 0.2) is 53.3 Å². The zero-order valence-electron chi connectivity index (χ0n) is 15.4.